The van der Waals surface area contributed by atoms with Crippen molar-refractivity contribution >= 4 is 5.97 Å². The van der Waals surface area contributed by atoms with Crippen molar-refractivity contribution in [2.45, 2.75) is 58.0 Å². The van der Waals surface area contributed by atoms with Crippen LogP contribution in [0.3, 0.4) is 0 Å². The first kappa shape index (κ1) is 11.5. The molecule has 0 aromatic heterocycles. The highest BCUT2D eigenvalue weighted by Gasteiger charge is 2.26. The van der Waals surface area contributed by atoms with Crippen molar-refractivity contribution in [3.05, 3.63) is 0 Å². The summed E-state index contributed by atoms with van der Waals surface area (Å²) in [6.45, 7) is 4.03. The molecule has 1 fully saturated rings. The van der Waals surface area contributed by atoms with E-state index >= 15 is 0 Å². The summed E-state index contributed by atoms with van der Waals surface area (Å²) in [6.07, 6.45) is 5.52. The van der Waals surface area contributed by atoms with E-state index in [9.17, 15) is 4.79 Å². The molecule has 2 atom stereocenters. The molecule has 2 N–H and O–H groups in total. The van der Waals surface area contributed by atoms with Crippen molar-refractivity contribution in [1.29, 1.82) is 0 Å². The number of carboxylic acid groups (broad SMARTS) is 1. The highest BCUT2D eigenvalue weighted by molar-refractivity contribution is 5.73. The van der Waals surface area contributed by atoms with Crippen molar-refractivity contribution in [1.82, 2.24) is 5.32 Å². The Bertz CT molecular complexity index is 190. The summed E-state index contributed by atoms with van der Waals surface area (Å²) in [7, 11) is 0. The summed E-state index contributed by atoms with van der Waals surface area (Å²) in [5.41, 5.74) is 0. The normalized spacial score (nSPS) is 20.4. The van der Waals surface area contributed by atoms with Gasteiger partial charge in [-0.15, -0.1) is 0 Å². The second-order valence-electron chi connectivity index (χ2n) is 4.25. The standard InChI is InChI=1S/C11H21NO2/c1-3-9(7-8-5-6-8)12-10(4-2)11(13)14/h8-10,12H,3-7H2,1-2H3,(H,13,14). The lowest BCUT2D eigenvalue weighted by atomic mass is 10.1. The first-order valence-electron chi connectivity index (χ1n) is 5.66. The Balaban J connectivity index is 2.31. The molecule has 2 unspecified atom stereocenters. The monoisotopic (exact) mass is 199 g/mol. The minimum absolute atomic E-state index is 0.362. The Morgan fingerprint density at radius 3 is 2.43 bits per heavy atom. The van der Waals surface area contributed by atoms with Crippen molar-refractivity contribution in [3.8, 4) is 0 Å². The van der Waals surface area contributed by atoms with Crippen molar-refractivity contribution in [3.63, 3.8) is 0 Å². The van der Waals surface area contributed by atoms with Gasteiger partial charge in [-0.2, -0.15) is 0 Å². The van der Waals surface area contributed by atoms with Crippen LogP contribution in [0.15, 0.2) is 0 Å². The molecule has 0 spiro atoms. The van der Waals surface area contributed by atoms with Crippen molar-refractivity contribution in [2.75, 3.05) is 0 Å². The molecule has 82 valence electrons. The van der Waals surface area contributed by atoms with Crippen LogP contribution < -0.4 is 5.32 Å². The molecule has 1 aliphatic rings. The van der Waals surface area contributed by atoms with Crippen LogP contribution in [0.1, 0.15) is 46.0 Å². The average molecular weight is 199 g/mol. The molecule has 1 saturated carbocycles. The Labute approximate surface area is 85.9 Å². The van der Waals surface area contributed by atoms with Crippen LogP contribution in [0.4, 0.5) is 0 Å². The number of nitrogens with one attached hydrogen (secondary N) is 1. The van der Waals surface area contributed by atoms with E-state index < -0.39 is 5.97 Å². The van der Waals surface area contributed by atoms with Gasteiger partial charge in [0.1, 0.15) is 6.04 Å². The number of carbonyl (C=O) groups is 1. The van der Waals surface area contributed by atoms with E-state index in [-0.39, 0.29) is 6.04 Å². The number of aliphatic carboxylic acids is 1. The summed E-state index contributed by atoms with van der Waals surface area (Å²) in [4.78, 5) is 10.8. The first-order chi connectivity index (χ1) is 6.67. The summed E-state index contributed by atoms with van der Waals surface area (Å²) in [6, 6.07) is 0.0299. The number of rotatable bonds is 7. The van der Waals surface area contributed by atoms with E-state index in [1.807, 2.05) is 6.92 Å². The second kappa shape index (κ2) is 5.35. The molecule has 0 heterocycles. The molecule has 3 heteroatoms. The predicted molar refractivity (Wildman–Crippen MR) is 56.3 cm³/mol. The maximum absolute atomic E-state index is 10.8. The van der Waals surface area contributed by atoms with Gasteiger partial charge in [0.15, 0.2) is 0 Å². The van der Waals surface area contributed by atoms with Crippen LogP contribution >= 0.6 is 0 Å². The second-order valence-corrected chi connectivity index (χ2v) is 4.25. The SMILES string of the molecule is CCC(CC1CC1)NC(CC)C(=O)O. The van der Waals surface area contributed by atoms with E-state index in [0.717, 1.165) is 18.8 Å². The molecule has 0 bridgehead atoms. The van der Waals surface area contributed by atoms with E-state index in [1.165, 1.54) is 12.8 Å². The summed E-state index contributed by atoms with van der Waals surface area (Å²) in [5, 5.41) is 12.1. The van der Waals surface area contributed by atoms with Gasteiger partial charge in [0.25, 0.3) is 0 Å². The minimum Gasteiger partial charge on any atom is -0.480 e. The quantitative estimate of drug-likeness (QED) is 0.659. The van der Waals surface area contributed by atoms with Crippen LogP contribution in [-0.4, -0.2) is 23.2 Å². The highest BCUT2D eigenvalue weighted by atomic mass is 16.4. The lowest BCUT2D eigenvalue weighted by Crippen LogP contribution is -2.42. The minimum atomic E-state index is -0.721. The topological polar surface area (TPSA) is 49.3 Å². The fraction of sp³-hybridized carbons (Fsp3) is 0.909. The van der Waals surface area contributed by atoms with Gasteiger partial charge in [-0.25, -0.2) is 0 Å². The van der Waals surface area contributed by atoms with Gasteiger partial charge in [0.05, 0.1) is 0 Å². The third kappa shape index (κ3) is 3.66. The van der Waals surface area contributed by atoms with Gasteiger partial charge in [-0.3, -0.25) is 4.79 Å². The van der Waals surface area contributed by atoms with Gasteiger partial charge in [0, 0.05) is 6.04 Å². The molecule has 14 heavy (non-hydrogen) atoms. The zero-order valence-electron chi connectivity index (χ0n) is 9.12. The van der Waals surface area contributed by atoms with Gasteiger partial charge in [-0.05, 0) is 25.2 Å². The maximum atomic E-state index is 10.8. The Kier molecular flexibility index (Phi) is 4.39. The van der Waals surface area contributed by atoms with Crippen molar-refractivity contribution in [2.24, 2.45) is 5.92 Å². The highest BCUT2D eigenvalue weighted by Crippen LogP contribution is 2.34. The van der Waals surface area contributed by atoms with Crippen LogP contribution in [0.2, 0.25) is 0 Å². The lowest BCUT2D eigenvalue weighted by molar-refractivity contribution is -0.139. The molecule has 0 aromatic rings. The van der Waals surface area contributed by atoms with Crippen LogP contribution in [0.25, 0.3) is 0 Å². The van der Waals surface area contributed by atoms with Gasteiger partial charge >= 0.3 is 5.97 Å². The number of hydrogen-bond donors (Lipinski definition) is 2. The third-order valence-electron chi connectivity index (χ3n) is 2.95. The van der Waals surface area contributed by atoms with E-state index in [1.54, 1.807) is 0 Å². The van der Waals surface area contributed by atoms with Crippen LogP contribution in [0, 0.1) is 5.92 Å². The summed E-state index contributed by atoms with van der Waals surface area (Å²) >= 11 is 0. The van der Waals surface area contributed by atoms with E-state index in [0.29, 0.717) is 12.5 Å². The Morgan fingerprint density at radius 2 is 2.07 bits per heavy atom. The molecule has 1 aliphatic carbocycles. The number of carboxylic acids is 1. The molecule has 0 amide bonds. The largest absolute Gasteiger partial charge is 0.480 e. The van der Waals surface area contributed by atoms with E-state index in [4.69, 9.17) is 5.11 Å². The summed E-state index contributed by atoms with van der Waals surface area (Å²) < 4.78 is 0. The molecule has 1 rings (SSSR count). The van der Waals surface area contributed by atoms with Crippen molar-refractivity contribution < 1.29 is 9.90 Å². The molecule has 0 aromatic carbocycles. The zero-order valence-corrected chi connectivity index (χ0v) is 9.12. The fourth-order valence-corrected chi connectivity index (χ4v) is 1.76. The lowest BCUT2D eigenvalue weighted by Gasteiger charge is -2.21. The summed E-state index contributed by atoms with van der Waals surface area (Å²) in [5.74, 6) is 0.139. The maximum Gasteiger partial charge on any atom is 0.320 e. The molecular weight excluding hydrogens is 178 g/mol. The van der Waals surface area contributed by atoms with Crippen LogP contribution in [0.5, 0.6) is 0 Å². The van der Waals surface area contributed by atoms with Gasteiger partial charge in [0.2, 0.25) is 0 Å². The molecular formula is C11H21NO2. The number of hydrogen-bond acceptors (Lipinski definition) is 2. The van der Waals surface area contributed by atoms with E-state index in [2.05, 4.69) is 12.2 Å². The molecule has 3 nitrogen and oxygen atoms in total. The van der Waals surface area contributed by atoms with Gasteiger partial charge in [-0.1, -0.05) is 26.7 Å². The first-order valence-corrected chi connectivity index (χ1v) is 5.66. The Hall–Kier alpha value is -0.570. The molecule has 0 radical (unpaired) electrons. The average Bonchev–Trinajstić information content (AvgIpc) is 2.95. The Morgan fingerprint density at radius 1 is 1.43 bits per heavy atom. The zero-order chi connectivity index (χ0) is 10.6. The molecule has 0 aliphatic heterocycles. The van der Waals surface area contributed by atoms with Crippen LogP contribution in [-0.2, 0) is 4.79 Å². The smallest absolute Gasteiger partial charge is 0.320 e. The molecule has 0 saturated heterocycles. The van der Waals surface area contributed by atoms with Gasteiger partial charge < -0.3 is 10.4 Å². The fourth-order valence-electron chi connectivity index (χ4n) is 1.76. The third-order valence-corrected chi connectivity index (χ3v) is 2.95. The predicted octanol–water partition coefficient (Wildman–Crippen LogP) is 2.02.